The maximum Gasteiger partial charge on any atom is 0.338 e. The van der Waals surface area contributed by atoms with Gasteiger partial charge in [-0.25, -0.2) is 9.59 Å². The number of carbonyl (C=O) groups is 2. The summed E-state index contributed by atoms with van der Waals surface area (Å²) in [7, 11) is 0. The fourth-order valence-electron chi connectivity index (χ4n) is 2.19. The van der Waals surface area contributed by atoms with E-state index in [0.29, 0.717) is 6.42 Å². The third kappa shape index (κ3) is 6.47. The molecule has 19 heavy (non-hydrogen) atoms. The molecule has 0 aromatic heterocycles. The summed E-state index contributed by atoms with van der Waals surface area (Å²) in [5, 5.41) is 0. The van der Waals surface area contributed by atoms with Crippen molar-refractivity contribution in [3.63, 3.8) is 0 Å². The van der Waals surface area contributed by atoms with Gasteiger partial charge in [0.15, 0.2) is 5.92 Å². The van der Waals surface area contributed by atoms with Crippen LogP contribution in [0.2, 0.25) is 0 Å². The van der Waals surface area contributed by atoms with Crippen LogP contribution in [0.5, 0.6) is 0 Å². The summed E-state index contributed by atoms with van der Waals surface area (Å²) in [5.41, 5.74) is 0. The summed E-state index contributed by atoms with van der Waals surface area (Å²) < 4.78 is 0. The van der Waals surface area contributed by atoms with Gasteiger partial charge in [0.1, 0.15) is 0 Å². The van der Waals surface area contributed by atoms with Gasteiger partial charge in [-0.05, 0) is 45.3 Å². The van der Waals surface area contributed by atoms with Gasteiger partial charge in [0.25, 0.3) is 0 Å². The molecule has 0 unspecified atom stereocenters. The summed E-state index contributed by atoms with van der Waals surface area (Å²) in [6.07, 6.45) is 4.50. The molecule has 1 aliphatic rings. The first kappa shape index (κ1) is 18.5. The van der Waals surface area contributed by atoms with E-state index >= 15 is 0 Å². The molecule has 1 saturated heterocycles. The minimum absolute atomic E-state index is 0. The Labute approximate surface area is 127 Å². The minimum Gasteiger partial charge on any atom is -0.373 e. The Morgan fingerprint density at radius 1 is 1.05 bits per heavy atom. The van der Waals surface area contributed by atoms with Crippen LogP contribution in [-0.4, -0.2) is 36.5 Å². The van der Waals surface area contributed by atoms with E-state index in [1.807, 2.05) is 0 Å². The molecular weight excluding hydrogens is 433 g/mol. The van der Waals surface area contributed by atoms with Gasteiger partial charge in [-0.15, -0.1) is 0 Å². The molecule has 7 nitrogen and oxygen atoms in total. The maximum absolute atomic E-state index is 11.2. The van der Waals surface area contributed by atoms with Crippen molar-refractivity contribution in [3.8, 4) is 0 Å². The van der Waals surface area contributed by atoms with Gasteiger partial charge in [-0.2, -0.15) is 11.8 Å². The zero-order valence-electron chi connectivity index (χ0n) is 10.8. The Balaban J connectivity index is 0.00000324. The standard InChI is InChI=1S/C11H21N3O4.Pt/c12-17-10(15)9(11(16)18-13)5-1-2-6-14-7-3-4-8-14;/h9H,1-8,12-13H2;. The van der Waals surface area contributed by atoms with E-state index in [9.17, 15) is 9.59 Å². The Morgan fingerprint density at radius 3 is 2.05 bits per heavy atom. The van der Waals surface area contributed by atoms with Crippen molar-refractivity contribution >= 4 is 11.9 Å². The number of likely N-dealkylation sites (tertiary alicyclic amines) is 1. The molecule has 4 N–H and O–H groups in total. The van der Waals surface area contributed by atoms with Gasteiger partial charge in [-0.3, -0.25) is 0 Å². The number of nitrogens with two attached hydrogens (primary N) is 2. The van der Waals surface area contributed by atoms with Crippen LogP contribution in [0.3, 0.4) is 0 Å². The predicted octanol–water partition coefficient (Wildman–Crippen LogP) is -0.300. The first-order valence-electron chi connectivity index (χ1n) is 6.22. The topological polar surface area (TPSA) is 108 Å². The summed E-state index contributed by atoms with van der Waals surface area (Å²) in [4.78, 5) is 33.0. The van der Waals surface area contributed by atoms with Crippen LogP contribution in [0.4, 0.5) is 0 Å². The van der Waals surface area contributed by atoms with E-state index in [1.54, 1.807) is 0 Å². The molecule has 0 aromatic carbocycles. The molecule has 1 fully saturated rings. The van der Waals surface area contributed by atoms with Gasteiger partial charge in [0, 0.05) is 21.1 Å². The molecule has 0 saturated carbocycles. The third-order valence-electron chi connectivity index (χ3n) is 3.22. The van der Waals surface area contributed by atoms with Crippen LogP contribution in [0.25, 0.3) is 0 Å². The number of hydrogen-bond acceptors (Lipinski definition) is 7. The second kappa shape index (κ2) is 10.3. The normalized spacial score (nSPS) is 15.1. The zero-order valence-corrected chi connectivity index (χ0v) is 13.1. The molecule has 114 valence electrons. The Hall–Kier alpha value is -0.492. The number of unbranched alkanes of at least 4 members (excludes halogenated alkanes) is 1. The van der Waals surface area contributed by atoms with Crippen molar-refractivity contribution in [2.45, 2.75) is 32.1 Å². The Kier molecular flexibility index (Phi) is 10.0. The van der Waals surface area contributed by atoms with Crippen LogP contribution in [-0.2, 0) is 40.3 Å². The first-order valence-corrected chi connectivity index (χ1v) is 6.22. The Bertz CT molecular complexity index is 269. The number of nitrogens with zero attached hydrogens (tertiary/aromatic N) is 1. The SMILES string of the molecule is NOC(=O)C(CCCCN1CCCC1)C(=O)ON.[Pt]. The van der Waals surface area contributed by atoms with Gasteiger partial charge >= 0.3 is 11.9 Å². The fraction of sp³-hybridized carbons (Fsp3) is 0.818. The van der Waals surface area contributed by atoms with Crippen molar-refractivity contribution < 1.29 is 40.3 Å². The monoisotopic (exact) mass is 454 g/mol. The van der Waals surface area contributed by atoms with E-state index < -0.39 is 17.9 Å². The molecule has 1 heterocycles. The molecule has 0 spiro atoms. The minimum atomic E-state index is -1.02. The molecule has 0 atom stereocenters. The molecule has 0 aromatic rings. The van der Waals surface area contributed by atoms with Crippen molar-refractivity contribution in [2.75, 3.05) is 19.6 Å². The predicted molar refractivity (Wildman–Crippen MR) is 63.6 cm³/mol. The quantitative estimate of drug-likeness (QED) is 0.309. The van der Waals surface area contributed by atoms with Crippen molar-refractivity contribution in [2.24, 2.45) is 17.7 Å². The van der Waals surface area contributed by atoms with E-state index in [4.69, 9.17) is 11.8 Å². The van der Waals surface area contributed by atoms with E-state index in [1.165, 1.54) is 12.8 Å². The van der Waals surface area contributed by atoms with Crippen LogP contribution in [0.1, 0.15) is 32.1 Å². The molecule has 1 rings (SSSR count). The molecule has 8 heteroatoms. The van der Waals surface area contributed by atoms with Crippen LogP contribution in [0, 0.1) is 5.92 Å². The summed E-state index contributed by atoms with van der Waals surface area (Å²) in [5.74, 6) is 6.91. The van der Waals surface area contributed by atoms with Gasteiger partial charge in [0.05, 0.1) is 0 Å². The van der Waals surface area contributed by atoms with Crippen LogP contribution in [0.15, 0.2) is 0 Å². The second-order valence-corrected chi connectivity index (χ2v) is 4.47. The van der Waals surface area contributed by atoms with Gasteiger partial charge < -0.3 is 14.6 Å². The zero-order chi connectivity index (χ0) is 13.4. The maximum atomic E-state index is 11.2. The van der Waals surface area contributed by atoms with Crippen LogP contribution < -0.4 is 11.8 Å². The average Bonchev–Trinajstić information content (AvgIpc) is 2.90. The molecular formula is C11H21N3O4Pt. The first-order chi connectivity index (χ1) is 8.69. The summed E-state index contributed by atoms with van der Waals surface area (Å²) in [6, 6.07) is 0. The molecule has 0 amide bonds. The number of rotatable bonds is 7. The Morgan fingerprint density at radius 2 is 1.58 bits per heavy atom. The largest absolute Gasteiger partial charge is 0.373 e. The molecule has 1 aliphatic heterocycles. The van der Waals surface area contributed by atoms with E-state index in [-0.39, 0.29) is 21.1 Å². The summed E-state index contributed by atoms with van der Waals surface area (Å²) >= 11 is 0. The second-order valence-electron chi connectivity index (χ2n) is 4.47. The van der Waals surface area contributed by atoms with Crippen molar-refractivity contribution in [1.29, 1.82) is 0 Å². The smallest absolute Gasteiger partial charge is 0.338 e. The van der Waals surface area contributed by atoms with Gasteiger partial charge in [0.2, 0.25) is 0 Å². The summed E-state index contributed by atoms with van der Waals surface area (Å²) in [6.45, 7) is 3.26. The average molecular weight is 454 g/mol. The van der Waals surface area contributed by atoms with Crippen molar-refractivity contribution in [1.82, 2.24) is 4.90 Å². The number of hydrogen-bond donors (Lipinski definition) is 2. The van der Waals surface area contributed by atoms with Gasteiger partial charge in [-0.1, -0.05) is 6.42 Å². The molecule has 0 aliphatic carbocycles. The molecule has 0 radical (unpaired) electrons. The van der Waals surface area contributed by atoms with E-state index in [0.717, 1.165) is 32.5 Å². The van der Waals surface area contributed by atoms with Crippen molar-refractivity contribution in [3.05, 3.63) is 0 Å². The van der Waals surface area contributed by atoms with E-state index in [2.05, 4.69) is 14.6 Å². The fourth-order valence-corrected chi connectivity index (χ4v) is 2.19. The number of carbonyl (C=O) groups excluding carboxylic acids is 2. The van der Waals surface area contributed by atoms with Crippen LogP contribution >= 0.6 is 0 Å². The molecule has 0 bridgehead atoms. The third-order valence-corrected chi connectivity index (χ3v) is 3.22.